The maximum Gasteiger partial charge on any atom is 0.342 e. The molecule has 1 aliphatic rings. The largest absolute Gasteiger partial charge is 0.507 e. The minimum atomic E-state index is -0.299. The van der Waals surface area contributed by atoms with Gasteiger partial charge in [-0.2, -0.15) is 9.78 Å². The second kappa shape index (κ2) is 10.1. The number of nitrogens with one attached hydrogen (secondary N) is 2. The fourth-order valence-electron chi connectivity index (χ4n) is 4.16. The van der Waals surface area contributed by atoms with Gasteiger partial charge in [0.1, 0.15) is 5.75 Å². The molecule has 0 unspecified atom stereocenters. The maximum absolute atomic E-state index is 13.0. The number of aryl methyl sites for hydroxylation is 1. The molecule has 1 aromatic heterocycles. The summed E-state index contributed by atoms with van der Waals surface area (Å²) in [7, 11) is 0. The van der Waals surface area contributed by atoms with Crippen molar-refractivity contribution in [1.29, 1.82) is 0 Å². The van der Waals surface area contributed by atoms with Gasteiger partial charge in [0.05, 0.1) is 11.4 Å². The van der Waals surface area contributed by atoms with E-state index in [4.69, 9.17) is 0 Å². The first-order valence-electron chi connectivity index (χ1n) is 12.0. The first-order chi connectivity index (χ1) is 16.4. The number of benzene rings is 2. The number of anilines is 1. The van der Waals surface area contributed by atoms with E-state index in [9.17, 15) is 14.7 Å². The van der Waals surface area contributed by atoms with Crippen LogP contribution >= 0.6 is 0 Å². The summed E-state index contributed by atoms with van der Waals surface area (Å²) in [6.07, 6.45) is 3.54. The van der Waals surface area contributed by atoms with Crippen LogP contribution in [-0.2, 0) is 11.3 Å². The zero-order valence-corrected chi connectivity index (χ0v) is 20.0. The van der Waals surface area contributed by atoms with Gasteiger partial charge in [-0.25, -0.2) is 4.79 Å². The van der Waals surface area contributed by atoms with Crippen molar-refractivity contribution in [1.82, 2.24) is 15.1 Å². The predicted molar refractivity (Wildman–Crippen MR) is 133 cm³/mol. The first-order valence-corrected chi connectivity index (χ1v) is 12.0. The van der Waals surface area contributed by atoms with E-state index in [1.165, 1.54) is 4.68 Å². The number of hydrogen-bond donors (Lipinski definition) is 3. The molecule has 0 aliphatic heterocycles. The van der Waals surface area contributed by atoms with Crippen molar-refractivity contribution in [2.45, 2.75) is 58.9 Å². The molecule has 3 N–H and O–H groups in total. The minimum absolute atomic E-state index is 0.0404. The Kier molecular flexibility index (Phi) is 7.01. The van der Waals surface area contributed by atoms with Crippen molar-refractivity contribution >= 4 is 17.6 Å². The second-order valence-corrected chi connectivity index (χ2v) is 9.02. The van der Waals surface area contributed by atoms with Crippen LogP contribution in [0.3, 0.4) is 0 Å². The van der Waals surface area contributed by atoms with E-state index in [0.717, 1.165) is 42.5 Å². The summed E-state index contributed by atoms with van der Waals surface area (Å²) in [4.78, 5) is 25.5. The number of aromatic hydroxyl groups is 1. The summed E-state index contributed by atoms with van der Waals surface area (Å²) in [6, 6.07) is 14.5. The van der Waals surface area contributed by atoms with Crippen LogP contribution in [0, 0.1) is 12.8 Å². The summed E-state index contributed by atoms with van der Waals surface area (Å²) < 4.78 is 1.41. The van der Waals surface area contributed by atoms with E-state index in [-0.39, 0.29) is 29.5 Å². The number of nitrogens with zero attached hydrogens (tertiary/aromatic N) is 2. The summed E-state index contributed by atoms with van der Waals surface area (Å²) in [5.74, 6) is 0.231. The van der Waals surface area contributed by atoms with Gasteiger partial charge in [-0.1, -0.05) is 43.7 Å². The van der Waals surface area contributed by atoms with E-state index < -0.39 is 0 Å². The van der Waals surface area contributed by atoms with Gasteiger partial charge in [0, 0.05) is 29.6 Å². The third-order valence-corrected chi connectivity index (χ3v) is 6.35. The fourth-order valence-corrected chi connectivity index (χ4v) is 4.16. The van der Waals surface area contributed by atoms with Crippen LogP contribution in [0.4, 0.5) is 10.5 Å². The number of phenols is 1. The molecule has 178 valence electrons. The van der Waals surface area contributed by atoms with Crippen molar-refractivity contribution in [3.8, 4) is 17.0 Å². The molecule has 1 saturated carbocycles. The lowest BCUT2D eigenvalue weighted by Gasteiger charge is -2.13. The Labute approximate surface area is 200 Å². The molecule has 3 aromatic rings. The zero-order chi connectivity index (χ0) is 24.2. The summed E-state index contributed by atoms with van der Waals surface area (Å²) in [5, 5.41) is 21.0. The van der Waals surface area contributed by atoms with Crippen LogP contribution in [0.5, 0.6) is 5.75 Å². The molecule has 2 amide bonds. The number of hydrogen-bond acceptors (Lipinski definition) is 4. The second-order valence-electron chi connectivity index (χ2n) is 9.02. The van der Waals surface area contributed by atoms with Crippen molar-refractivity contribution in [2.75, 3.05) is 5.32 Å². The Balaban J connectivity index is 1.57. The predicted octanol–water partition coefficient (Wildman–Crippen LogP) is 5.57. The standard InChI is InChI=1S/C27H32N4O3/c1-4-19(5-2)26(33)29-21-11-12-25(32)22(14-21)23-15-24(20-9-10-20)31(30-23)27(34)28-16-18-8-6-7-17(3)13-18/h6-8,11-15,19-20,32H,4-5,9-10,16H2,1-3H3,(H,28,34)(H,29,33). The normalized spacial score (nSPS) is 13.2. The molecule has 34 heavy (non-hydrogen) atoms. The molecular formula is C27H32N4O3. The molecule has 0 radical (unpaired) electrons. The van der Waals surface area contributed by atoms with Gasteiger partial charge in [-0.3, -0.25) is 4.79 Å². The molecule has 2 aromatic carbocycles. The molecule has 7 heteroatoms. The van der Waals surface area contributed by atoms with Crippen LogP contribution < -0.4 is 10.6 Å². The lowest BCUT2D eigenvalue weighted by atomic mass is 10.0. The van der Waals surface area contributed by atoms with E-state index in [0.29, 0.717) is 23.5 Å². The van der Waals surface area contributed by atoms with Gasteiger partial charge < -0.3 is 15.7 Å². The Morgan fingerprint density at radius 2 is 1.88 bits per heavy atom. The van der Waals surface area contributed by atoms with Gasteiger partial charge in [0.2, 0.25) is 5.91 Å². The van der Waals surface area contributed by atoms with Gasteiger partial charge >= 0.3 is 6.03 Å². The smallest absolute Gasteiger partial charge is 0.342 e. The van der Waals surface area contributed by atoms with Crippen molar-refractivity contribution < 1.29 is 14.7 Å². The Morgan fingerprint density at radius 3 is 2.56 bits per heavy atom. The molecule has 0 bridgehead atoms. The average Bonchev–Trinajstić information content (AvgIpc) is 3.58. The number of aromatic nitrogens is 2. The number of amides is 2. The minimum Gasteiger partial charge on any atom is -0.507 e. The van der Waals surface area contributed by atoms with Crippen LogP contribution in [-0.4, -0.2) is 26.8 Å². The number of rotatable bonds is 8. The monoisotopic (exact) mass is 460 g/mol. The molecule has 1 aliphatic carbocycles. The van der Waals surface area contributed by atoms with E-state index in [1.807, 2.05) is 51.1 Å². The topological polar surface area (TPSA) is 96.2 Å². The SMILES string of the molecule is CCC(CC)C(=O)Nc1ccc(O)c(-c2cc(C3CC3)n(C(=O)NCc3cccc(C)c3)n2)c1. The first kappa shape index (κ1) is 23.5. The number of carbonyl (C=O) groups is 2. The highest BCUT2D eigenvalue weighted by molar-refractivity contribution is 5.93. The fraction of sp³-hybridized carbons (Fsp3) is 0.370. The van der Waals surface area contributed by atoms with Gasteiger partial charge in [-0.05, 0) is 62.4 Å². The van der Waals surface area contributed by atoms with Crippen molar-refractivity contribution in [3.63, 3.8) is 0 Å². The van der Waals surface area contributed by atoms with Gasteiger partial charge in [0.25, 0.3) is 0 Å². The molecule has 1 heterocycles. The quantitative estimate of drug-likeness (QED) is 0.383. The molecule has 1 fully saturated rings. The van der Waals surface area contributed by atoms with Crippen LogP contribution in [0.25, 0.3) is 11.3 Å². The number of phenolic OH excluding ortho intramolecular Hbond substituents is 1. The summed E-state index contributed by atoms with van der Waals surface area (Å²) in [5.41, 5.74) is 4.57. The molecule has 7 nitrogen and oxygen atoms in total. The van der Waals surface area contributed by atoms with Crippen molar-refractivity contribution in [3.05, 3.63) is 65.4 Å². The van der Waals surface area contributed by atoms with Gasteiger partial charge in [0.15, 0.2) is 0 Å². The van der Waals surface area contributed by atoms with Crippen molar-refractivity contribution in [2.24, 2.45) is 5.92 Å². The van der Waals surface area contributed by atoms with Gasteiger partial charge in [-0.15, -0.1) is 0 Å². The zero-order valence-electron chi connectivity index (χ0n) is 20.0. The van der Waals surface area contributed by atoms with Crippen LogP contribution in [0.2, 0.25) is 0 Å². The molecular weight excluding hydrogens is 428 g/mol. The molecule has 4 rings (SSSR count). The molecule has 0 atom stereocenters. The van der Waals surface area contributed by atoms with E-state index in [1.54, 1.807) is 18.2 Å². The third kappa shape index (κ3) is 5.30. The Bertz CT molecular complexity index is 1190. The average molecular weight is 461 g/mol. The highest BCUT2D eigenvalue weighted by atomic mass is 16.3. The summed E-state index contributed by atoms with van der Waals surface area (Å²) in [6.45, 7) is 6.41. The van der Waals surface area contributed by atoms with E-state index >= 15 is 0 Å². The number of carbonyl (C=O) groups excluding carboxylic acids is 2. The Morgan fingerprint density at radius 1 is 1.12 bits per heavy atom. The van der Waals surface area contributed by atoms with Crippen LogP contribution in [0.1, 0.15) is 62.3 Å². The van der Waals surface area contributed by atoms with Crippen LogP contribution in [0.15, 0.2) is 48.5 Å². The lowest BCUT2D eigenvalue weighted by molar-refractivity contribution is -0.120. The highest BCUT2D eigenvalue weighted by Gasteiger charge is 2.31. The summed E-state index contributed by atoms with van der Waals surface area (Å²) >= 11 is 0. The maximum atomic E-state index is 13.0. The van der Waals surface area contributed by atoms with E-state index in [2.05, 4.69) is 15.7 Å². The Hall–Kier alpha value is -3.61. The lowest BCUT2D eigenvalue weighted by Crippen LogP contribution is -2.30. The highest BCUT2D eigenvalue weighted by Crippen LogP contribution is 2.42. The third-order valence-electron chi connectivity index (χ3n) is 6.35. The molecule has 0 saturated heterocycles. The molecule has 0 spiro atoms.